The number of aromatic hydroxyl groups is 1. The van der Waals surface area contributed by atoms with Gasteiger partial charge in [0, 0.05) is 22.5 Å². The number of phenolic OH excluding ortho intramolecular Hbond substituents is 1. The van der Waals surface area contributed by atoms with Gasteiger partial charge < -0.3 is 10.2 Å². The van der Waals surface area contributed by atoms with Crippen LogP contribution in [0.15, 0.2) is 47.4 Å². The van der Waals surface area contributed by atoms with E-state index >= 15 is 0 Å². The van der Waals surface area contributed by atoms with Crippen LogP contribution in [0.1, 0.15) is 17.9 Å². The zero-order chi connectivity index (χ0) is 19.1. The number of phenols is 1. The molecule has 2 aromatic carbocycles. The third kappa shape index (κ3) is 3.53. The third-order valence-corrected chi connectivity index (χ3v) is 6.66. The molecule has 3 rings (SSSR count). The smallest absolute Gasteiger partial charge is 0.322 e. The van der Waals surface area contributed by atoms with E-state index in [1.54, 1.807) is 12.1 Å². The van der Waals surface area contributed by atoms with Crippen LogP contribution in [-0.4, -0.2) is 41.5 Å². The van der Waals surface area contributed by atoms with Crippen LogP contribution in [0.25, 0.3) is 0 Å². The molecule has 1 heterocycles. The van der Waals surface area contributed by atoms with E-state index in [0.717, 1.165) is 4.31 Å². The molecule has 0 spiro atoms. The quantitative estimate of drug-likeness (QED) is 0.798. The molecule has 1 unspecified atom stereocenters. The molecule has 26 heavy (non-hydrogen) atoms. The van der Waals surface area contributed by atoms with Crippen molar-refractivity contribution in [2.75, 3.05) is 6.54 Å². The zero-order valence-corrected chi connectivity index (χ0v) is 15.7. The van der Waals surface area contributed by atoms with Gasteiger partial charge in [-0.25, -0.2) is 8.42 Å². The SMILES string of the molecule is O=C(O)[C@@H]1C(c2ccc(O)cc2)CCN1S(=O)(=O)c1cc(Cl)cc(Cl)c1. The van der Waals surface area contributed by atoms with Crippen molar-refractivity contribution >= 4 is 39.2 Å². The van der Waals surface area contributed by atoms with Crippen molar-refractivity contribution in [2.45, 2.75) is 23.3 Å². The maximum atomic E-state index is 13.0. The Balaban J connectivity index is 2.01. The van der Waals surface area contributed by atoms with E-state index in [1.165, 1.54) is 30.3 Å². The Morgan fingerprint density at radius 1 is 1.08 bits per heavy atom. The fraction of sp³-hybridized carbons (Fsp3) is 0.235. The molecular formula is C17H15Cl2NO5S. The summed E-state index contributed by atoms with van der Waals surface area (Å²) >= 11 is 11.8. The summed E-state index contributed by atoms with van der Waals surface area (Å²) in [6.45, 7) is 0.0506. The van der Waals surface area contributed by atoms with Crippen LogP contribution in [0, 0.1) is 0 Å². The summed E-state index contributed by atoms with van der Waals surface area (Å²) < 4.78 is 26.9. The average molecular weight is 416 g/mol. The molecule has 0 aromatic heterocycles. The molecule has 2 atom stereocenters. The van der Waals surface area contributed by atoms with E-state index < -0.39 is 28.0 Å². The third-order valence-electron chi connectivity index (χ3n) is 4.37. The second-order valence-electron chi connectivity index (χ2n) is 5.99. The topological polar surface area (TPSA) is 94.9 Å². The molecule has 9 heteroatoms. The van der Waals surface area contributed by atoms with Gasteiger partial charge in [-0.1, -0.05) is 35.3 Å². The summed E-state index contributed by atoms with van der Waals surface area (Å²) in [6, 6.07) is 8.72. The van der Waals surface area contributed by atoms with Gasteiger partial charge >= 0.3 is 5.97 Å². The Bertz CT molecular complexity index is 926. The maximum absolute atomic E-state index is 13.0. The summed E-state index contributed by atoms with van der Waals surface area (Å²) in [4.78, 5) is 11.7. The minimum atomic E-state index is -4.09. The standard InChI is InChI=1S/C17H15Cl2NO5S/c18-11-7-12(19)9-14(8-11)26(24,25)20-6-5-15(16(20)17(22)23)10-1-3-13(21)4-2-10/h1-4,7-9,15-16,21H,5-6H2,(H,22,23)/t15?,16-/m0/s1. The van der Waals surface area contributed by atoms with Crippen molar-refractivity contribution in [3.63, 3.8) is 0 Å². The van der Waals surface area contributed by atoms with Crippen molar-refractivity contribution in [3.8, 4) is 5.75 Å². The largest absolute Gasteiger partial charge is 0.508 e. The second kappa shape index (κ2) is 7.08. The van der Waals surface area contributed by atoms with E-state index in [2.05, 4.69) is 0 Å². The summed E-state index contributed by atoms with van der Waals surface area (Å²) in [5.41, 5.74) is 0.650. The van der Waals surface area contributed by atoms with Crippen molar-refractivity contribution < 1.29 is 23.4 Å². The van der Waals surface area contributed by atoms with E-state index in [4.69, 9.17) is 23.2 Å². The van der Waals surface area contributed by atoms with Crippen LogP contribution in [0.3, 0.4) is 0 Å². The Labute approximate surface area is 160 Å². The predicted molar refractivity (Wildman–Crippen MR) is 97.2 cm³/mol. The van der Waals surface area contributed by atoms with Gasteiger partial charge in [-0.05, 0) is 42.3 Å². The fourth-order valence-corrected chi connectivity index (χ4v) is 5.57. The zero-order valence-electron chi connectivity index (χ0n) is 13.3. The number of benzene rings is 2. The molecule has 2 aromatic rings. The van der Waals surface area contributed by atoms with E-state index in [-0.39, 0.29) is 27.2 Å². The van der Waals surface area contributed by atoms with Gasteiger partial charge in [-0.15, -0.1) is 0 Å². The number of sulfonamides is 1. The minimum absolute atomic E-state index is 0.0506. The molecular weight excluding hydrogens is 401 g/mol. The van der Waals surface area contributed by atoms with Crippen molar-refractivity contribution in [2.24, 2.45) is 0 Å². The van der Waals surface area contributed by atoms with Gasteiger partial charge in [0.05, 0.1) is 4.90 Å². The first-order chi connectivity index (χ1) is 12.2. The molecule has 2 N–H and O–H groups in total. The van der Waals surface area contributed by atoms with Gasteiger partial charge in [0.15, 0.2) is 0 Å². The number of rotatable bonds is 4. The lowest BCUT2D eigenvalue weighted by molar-refractivity contribution is -0.141. The molecule has 6 nitrogen and oxygen atoms in total. The molecule has 138 valence electrons. The number of hydrogen-bond donors (Lipinski definition) is 2. The molecule has 0 saturated carbocycles. The highest BCUT2D eigenvalue weighted by Gasteiger charge is 2.46. The van der Waals surface area contributed by atoms with Crippen molar-refractivity contribution in [3.05, 3.63) is 58.1 Å². The number of carbonyl (C=O) groups is 1. The van der Waals surface area contributed by atoms with Gasteiger partial charge in [0.1, 0.15) is 11.8 Å². The number of carboxylic acids is 1. The number of halogens is 2. The molecule has 0 aliphatic carbocycles. The first kappa shape index (κ1) is 19.0. The van der Waals surface area contributed by atoms with E-state index in [9.17, 15) is 23.4 Å². The Morgan fingerprint density at radius 3 is 2.19 bits per heavy atom. The highest BCUT2D eigenvalue weighted by Crippen LogP contribution is 2.38. The lowest BCUT2D eigenvalue weighted by atomic mass is 9.92. The summed E-state index contributed by atoms with van der Waals surface area (Å²) in [6.07, 6.45) is 0.343. The van der Waals surface area contributed by atoms with E-state index in [1.807, 2.05) is 0 Å². The lowest BCUT2D eigenvalue weighted by Gasteiger charge is -2.24. The Kier molecular flexibility index (Phi) is 5.16. The average Bonchev–Trinajstić information content (AvgIpc) is 3.00. The van der Waals surface area contributed by atoms with Crippen molar-refractivity contribution in [1.82, 2.24) is 4.31 Å². The summed E-state index contributed by atoms with van der Waals surface area (Å²) in [7, 11) is -4.09. The highest BCUT2D eigenvalue weighted by atomic mass is 35.5. The highest BCUT2D eigenvalue weighted by molar-refractivity contribution is 7.89. The van der Waals surface area contributed by atoms with Crippen molar-refractivity contribution in [1.29, 1.82) is 0 Å². The molecule has 1 aliphatic heterocycles. The minimum Gasteiger partial charge on any atom is -0.508 e. The van der Waals surface area contributed by atoms with Crippen LogP contribution >= 0.6 is 23.2 Å². The van der Waals surface area contributed by atoms with Crippen LogP contribution in [0.5, 0.6) is 5.75 Å². The summed E-state index contributed by atoms with van der Waals surface area (Å²) in [5.74, 6) is -1.72. The fourth-order valence-electron chi connectivity index (χ4n) is 3.21. The van der Waals surface area contributed by atoms with Gasteiger partial charge in [-0.2, -0.15) is 4.31 Å². The molecule has 1 aliphatic rings. The number of hydrogen-bond acceptors (Lipinski definition) is 4. The molecule has 0 bridgehead atoms. The molecule has 0 radical (unpaired) electrons. The van der Waals surface area contributed by atoms with Gasteiger partial charge in [0.25, 0.3) is 0 Å². The van der Waals surface area contributed by atoms with Crippen LogP contribution in [-0.2, 0) is 14.8 Å². The lowest BCUT2D eigenvalue weighted by Crippen LogP contribution is -2.42. The number of nitrogens with zero attached hydrogens (tertiary/aromatic N) is 1. The maximum Gasteiger partial charge on any atom is 0.322 e. The van der Waals surface area contributed by atoms with Crippen LogP contribution in [0.4, 0.5) is 0 Å². The first-order valence-corrected chi connectivity index (χ1v) is 9.89. The molecule has 1 fully saturated rings. The second-order valence-corrected chi connectivity index (χ2v) is 8.75. The monoisotopic (exact) mass is 415 g/mol. The Morgan fingerprint density at radius 2 is 1.65 bits per heavy atom. The normalized spacial score (nSPS) is 21.0. The summed E-state index contributed by atoms with van der Waals surface area (Å²) in [5, 5.41) is 19.4. The number of aliphatic carboxylic acids is 1. The predicted octanol–water partition coefficient (Wildman–Crippen LogP) is 3.33. The van der Waals surface area contributed by atoms with Gasteiger partial charge in [-0.3, -0.25) is 4.79 Å². The van der Waals surface area contributed by atoms with Gasteiger partial charge in [0.2, 0.25) is 10.0 Å². The molecule has 0 amide bonds. The Hall–Kier alpha value is -1.80. The molecule has 1 saturated heterocycles. The first-order valence-electron chi connectivity index (χ1n) is 7.70. The van der Waals surface area contributed by atoms with E-state index in [0.29, 0.717) is 12.0 Å². The number of carboxylic acid groups (broad SMARTS) is 1. The van der Waals surface area contributed by atoms with Crippen LogP contribution < -0.4 is 0 Å². The van der Waals surface area contributed by atoms with Crippen LogP contribution in [0.2, 0.25) is 10.0 Å².